The molecule has 0 unspecified atom stereocenters. The van der Waals surface area contributed by atoms with E-state index in [0.717, 1.165) is 12.8 Å². The molecule has 3 heteroatoms. The molecule has 2 nitrogen and oxygen atoms in total. The minimum atomic E-state index is -0.0871. The maximum atomic E-state index is 10.7. The van der Waals surface area contributed by atoms with E-state index < -0.39 is 0 Å². The highest BCUT2D eigenvalue weighted by Crippen LogP contribution is 2.25. The molecule has 0 rings (SSSR count). The standard InChI is InChI=1S/C8H18O2Si/c1-8(2,11)6-4-5-7(9)10-3/h4-6H2,1-3,11H3. The molecule has 0 N–H and O–H groups in total. The van der Waals surface area contributed by atoms with Crippen LogP contribution in [0.3, 0.4) is 0 Å². The molecule has 0 heterocycles. The Bertz CT molecular complexity index is 127. The van der Waals surface area contributed by atoms with Crippen molar-refractivity contribution in [1.82, 2.24) is 0 Å². The zero-order chi connectivity index (χ0) is 8.91. The fourth-order valence-corrected chi connectivity index (χ4v) is 1.22. The second-order valence-corrected chi connectivity index (χ2v) is 6.70. The molecule has 0 aliphatic rings. The van der Waals surface area contributed by atoms with Gasteiger partial charge in [0.05, 0.1) is 7.11 Å². The van der Waals surface area contributed by atoms with E-state index in [0.29, 0.717) is 11.5 Å². The Labute approximate surface area is 71.7 Å². The molecule has 0 fully saturated rings. The van der Waals surface area contributed by atoms with E-state index in [2.05, 4.69) is 18.6 Å². The van der Waals surface area contributed by atoms with Crippen LogP contribution < -0.4 is 0 Å². The number of carbonyl (C=O) groups excluding carboxylic acids is 1. The smallest absolute Gasteiger partial charge is 0.305 e. The Morgan fingerprint density at radius 1 is 1.55 bits per heavy atom. The molecule has 0 saturated heterocycles. The average Bonchev–Trinajstić information content (AvgIpc) is 1.85. The van der Waals surface area contributed by atoms with E-state index in [1.54, 1.807) is 0 Å². The van der Waals surface area contributed by atoms with Crippen molar-refractivity contribution < 1.29 is 9.53 Å². The molecule has 0 saturated carbocycles. The molecule has 0 aliphatic heterocycles. The Morgan fingerprint density at radius 2 is 2.09 bits per heavy atom. The van der Waals surface area contributed by atoms with Crippen molar-refractivity contribution in [2.24, 2.45) is 0 Å². The first kappa shape index (κ1) is 10.7. The first-order chi connectivity index (χ1) is 4.95. The third kappa shape index (κ3) is 7.59. The third-order valence-corrected chi connectivity index (χ3v) is 2.04. The summed E-state index contributed by atoms with van der Waals surface area (Å²) in [4.78, 5) is 10.7. The number of hydrogen-bond acceptors (Lipinski definition) is 2. The maximum absolute atomic E-state index is 10.7. The number of esters is 1. The van der Waals surface area contributed by atoms with Crippen molar-refractivity contribution >= 4 is 16.2 Å². The minimum Gasteiger partial charge on any atom is -0.469 e. The van der Waals surface area contributed by atoms with Crippen LogP contribution in [0.5, 0.6) is 0 Å². The Morgan fingerprint density at radius 3 is 2.45 bits per heavy atom. The monoisotopic (exact) mass is 174 g/mol. The van der Waals surface area contributed by atoms with Gasteiger partial charge in [-0.05, 0) is 11.5 Å². The molecular formula is C8H18O2Si. The van der Waals surface area contributed by atoms with Gasteiger partial charge in [0, 0.05) is 16.7 Å². The van der Waals surface area contributed by atoms with Gasteiger partial charge in [-0.1, -0.05) is 20.3 Å². The van der Waals surface area contributed by atoms with Crippen molar-refractivity contribution in [2.75, 3.05) is 7.11 Å². The van der Waals surface area contributed by atoms with Gasteiger partial charge in [-0.3, -0.25) is 4.79 Å². The lowest BCUT2D eigenvalue weighted by molar-refractivity contribution is -0.140. The van der Waals surface area contributed by atoms with Gasteiger partial charge in [-0.25, -0.2) is 0 Å². The molecule has 0 bridgehead atoms. The van der Waals surface area contributed by atoms with Crippen LogP contribution in [0.2, 0.25) is 5.04 Å². The first-order valence-corrected chi connectivity index (χ1v) is 5.02. The second-order valence-electron chi connectivity index (χ2n) is 3.99. The van der Waals surface area contributed by atoms with Gasteiger partial charge in [-0.15, -0.1) is 0 Å². The summed E-state index contributed by atoms with van der Waals surface area (Å²) in [6.07, 6.45) is 2.67. The average molecular weight is 174 g/mol. The summed E-state index contributed by atoms with van der Waals surface area (Å²) in [5.74, 6) is -0.0871. The quantitative estimate of drug-likeness (QED) is 0.467. The summed E-state index contributed by atoms with van der Waals surface area (Å²) in [7, 11) is 2.63. The first-order valence-electron chi connectivity index (χ1n) is 4.02. The van der Waals surface area contributed by atoms with Gasteiger partial charge in [0.25, 0.3) is 0 Å². The molecule has 0 amide bonds. The highest BCUT2D eigenvalue weighted by Gasteiger charge is 2.10. The SMILES string of the molecule is COC(=O)CCCC(C)(C)[SiH3]. The molecule has 0 aromatic rings. The molecule has 66 valence electrons. The van der Waals surface area contributed by atoms with Crippen LogP contribution >= 0.6 is 0 Å². The van der Waals surface area contributed by atoms with Crippen molar-refractivity contribution in [3.05, 3.63) is 0 Å². The topological polar surface area (TPSA) is 26.3 Å². The van der Waals surface area contributed by atoms with Crippen molar-refractivity contribution in [3.63, 3.8) is 0 Å². The molecule has 0 spiro atoms. The van der Waals surface area contributed by atoms with Gasteiger partial charge < -0.3 is 4.74 Å². The second kappa shape index (κ2) is 4.54. The summed E-state index contributed by atoms with van der Waals surface area (Å²) >= 11 is 0. The minimum absolute atomic E-state index is 0.0871. The Balaban J connectivity index is 3.35. The van der Waals surface area contributed by atoms with Crippen LogP contribution in [-0.2, 0) is 9.53 Å². The molecular weight excluding hydrogens is 156 g/mol. The highest BCUT2D eigenvalue weighted by molar-refractivity contribution is 6.14. The van der Waals surface area contributed by atoms with E-state index >= 15 is 0 Å². The fraction of sp³-hybridized carbons (Fsp3) is 0.875. The molecule has 0 aliphatic carbocycles. The number of rotatable bonds is 4. The van der Waals surface area contributed by atoms with Gasteiger partial charge in [0.2, 0.25) is 0 Å². The zero-order valence-electron chi connectivity index (χ0n) is 7.94. The van der Waals surface area contributed by atoms with Crippen LogP contribution in [-0.4, -0.2) is 23.3 Å². The number of ether oxygens (including phenoxy) is 1. The normalized spacial score (nSPS) is 11.5. The number of carbonyl (C=O) groups is 1. The van der Waals surface area contributed by atoms with Crippen molar-refractivity contribution in [1.29, 1.82) is 0 Å². The van der Waals surface area contributed by atoms with E-state index in [9.17, 15) is 4.79 Å². The lowest BCUT2D eigenvalue weighted by atomic mass is 10.1. The Kier molecular flexibility index (Phi) is 4.41. The zero-order valence-corrected chi connectivity index (χ0v) is 9.94. The van der Waals surface area contributed by atoms with Crippen LogP contribution in [0, 0.1) is 0 Å². The van der Waals surface area contributed by atoms with E-state index in [1.807, 2.05) is 0 Å². The summed E-state index contributed by atoms with van der Waals surface area (Å²) in [5.41, 5.74) is 0. The van der Waals surface area contributed by atoms with Crippen molar-refractivity contribution in [2.45, 2.75) is 38.1 Å². The summed E-state index contributed by atoms with van der Waals surface area (Å²) in [6.45, 7) is 4.47. The summed E-state index contributed by atoms with van der Waals surface area (Å²) in [5, 5.41) is 0.466. The fourth-order valence-electron chi connectivity index (χ4n) is 0.865. The highest BCUT2D eigenvalue weighted by atomic mass is 28.1. The van der Waals surface area contributed by atoms with Crippen molar-refractivity contribution in [3.8, 4) is 0 Å². The molecule has 0 radical (unpaired) electrons. The van der Waals surface area contributed by atoms with Gasteiger partial charge in [0.15, 0.2) is 0 Å². The van der Waals surface area contributed by atoms with E-state index in [4.69, 9.17) is 0 Å². The summed E-state index contributed by atoms with van der Waals surface area (Å²) < 4.78 is 4.54. The Hall–Kier alpha value is -0.313. The molecule has 0 aromatic heterocycles. The van der Waals surface area contributed by atoms with Crippen LogP contribution in [0.25, 0.3) is 0 Å². The summed E-state index contributed by atoms with van der Waals surface area (Å²) in [6, 6.07) is 0. The third-order valence-electron chi connectivity index (χ3n) is 1.54. The molecule has 0 aromatic carbocycles. The van der Waals surface area contributed by atoms with Gasteiger partial charge >= 0.3 is 5.97 Å². The lowest BCUT2D eigenvalue weighted by Gasteiger charge is -2.16. The molecule has 11 heavy (non-hydrogen) atoms. The predicted molar refractivity (Wildman–Crippen MR) is 49.8 cm³/mol. The van der Waals surface area contributed by atoms with E-state index in [1.165, 1.54) is 17.4 Å². The number of hydrogen-bond donors (Lipinski definition) is 0. The van der Waals surface area contributed by atoms with Gasteiger partial charge in [0.1, 0.15) is 0 Å². The van der Waals surface area contributed by atoms with Gasteiger partial charge in [-0.2, -0.15) is 0 Å². The maximum Gasteiger partial charge on any atom is 0.305 e. The van der Waals surface area contributed by atoms with Crippen LogP contribution in [0.15, 0.2) is 0 Å². The van der Waals surface area contributed by atoms with Crippen LogP contribution in [0.4, 0.5) is 0 Å². The van der Waals surface area contributed by atoms with E-state index in [-0.39, 0.29) is 5.97 Å². The van der Waals surface area contributed by atoms with Crippen LogP contribution in [0.1, 0.15) is 33.1 Å². The largest absolute Gasteiger partial charge is 0.469 e. The molecule has 0 atom stereocenters. The lowest BCUT2D eigenvalue weighted by Crippen LogP contribution is -2.05. The number of methoxy groups -OCH3 is 1. The predicted octanol–water partition coefficient (Wildman–Crippen LogP) is 0.894.